The first-order chi connectivity index (χ1) is 9.78. The van der Waals surface area contributed by atoms with Crippen molar-refractivity contribution in [2.45, 2.75) is 39.7 Å². The molecule has 1 unspecified atom stereocenters. The molecule has 2 aromatic rings. The second kappa shape index (κ2) is 5.25. The van der Waals surface area contributed by atoms with Gasteiger partial charge in [0.1, 0.15) is 0 Å². The minimum absolute atomic E-state index is 0.134. The van der Waals surface area contributed by atoms with Gasteiger partial charge in [0.25, 0.3) is 0 Å². The van der Waals surface area contributed by atoms with Crippen molar-refractivity contribution in [3.63, 3.8) is 0 Å². The summed E-state index contributed by atoms with van der Waals surface area (Å²) in [5, 5.41) is 0. The summed E-state index contributed by atoms with van der Waals surface area (Å²) in [5.74, 6) is 0. The van der Waals surface area contributed by atoms with Crippen LogP contribution in [0.25, 0.3) is 5.69 Å². The molecule has 0 amide bonds. The molecule has 1 aromatic carbocycles. The molecule has 4 heteroatoms. The van der Waals surface area contributed by atoms with Gasteiger partial charge in [-0.05, 0) is 70.9 Å². The van der Waals surface area contributed by atoms with Crippen LogP contribution in [0.15, 0.2) is 33.2 Å². The Hall–Kier alpha value is -0.580. The van der Waals surface area contributed by atoms with Crippen LogP contribution in [0.4, 0.5) is 0 Å². The van der Waals surface area contributed by atoms with Crippen molar-refractivity contribution in [3.05, 3.63) is 50.2 Å². The predicted molar refractivity (Wildman–Crippen MR) is 94.9 cm³/mol. The summed E-state index contributed by atoms with van der Waals surface area (Å²) >= 11 is 7.26. The Kier molecular flexibility index (Phi) is 3.83. The molecule has 0 spiro atoms. The molecule has 0 radical (unpaired) electrons. The average molecular weight is 412 g/mol. The topological polar surface area (TPSA) is 30.9 Å². The SMILES string of the molecule is Cc1cc2c(n1-c1cc(Br)ccc1Br)CC(C)(C)CC2N. The van der Waals surface area contributed by atoms with E-state index >= 15 is 0 Å². The van der Waals surface area contributed by atoms with Crippen molar-refractivity contribution < 1.29 is 0 Å². The highest BCUT2D eigenvalue weighted by molar-refractivity contribution is 9.11. The zero-order valence-corrected chi connectivity index (χ0v) is 15.8. The van der Waals surface area contributed by atoms with Gasteiger partial charge < -0.3 is 10.3 Å². The molecule has 0 saturated heterocycles. The lowest BCUT2D eigenvalue weighted by molar-refractivity contribution is 0.278. The molecule has 1 aromatic heterocycles. The minimum atomic E-state index is 0.134. The van der Waals surface area contributed by atoms with Gasteiger partial charge >= 0.3 is 0 Å². The van der Waals surface area contributed by atoms with Crippen molar-refractivity contribution >= 4 is 31.9 Å². The van der Waals surface area contributed by atoms with Crippen LogP contribution in [-0.4, -0.2) is 4.57 Å². The Morgan fingerprint density at radius 1 is 1.24 bits per heavy atom. The molecule has 2 N–H and O–H groups in total. The van der Waals surface area contributed by atoms with Crippen LogP contribution < -0.4 is 5.73 Å². The fourth-order valence-corrected chi connectivity index (χ4v) is 4.21. The van der Waals surface area contributed by atoms with Gasteiger partial charge in [0.05, 0.1) is 5.69 Å². The third-order valence-electron chi connectivity index (χ3n) is 4.29. The predicted octanol–water partition coefficient (Wildman–Crippen LogP) is 5.28. The van der Waals surface area contributed by atoms with E-state index in [0.29, 0.717) is 0 Å². The van der Waals surface area contributed by atoms with E-state index in [1.807, 2.05) is 0 Å². The lowest BCUT2D eigenvalue weighted by atomic mass is 9.74. The van der Waals surface area contributed by atoms with Gasteiger partial charge in [0.15, 0.2) is 0 Å². The van der Waals surface area contributed by atoms with E-state index < -0.39 is 0 Å². The van der Waals surface area contributed by atoms with E-state index in [1.165, 1.54) is 22.6 Å². The van der Waals surface area contributed by atoms with Crippen molar-refractivity contribution in [3.8, 4) is 5.69 Å². The Labute approximate surface area is 143 Å². The Bertz CT molecular complexity index is 701. The fraction of sp³-hybridized carbons (Fsp3) is 0.412. The number of aromatic nitrogens is 1. The highest BCUT2D eigenvalue weighted by Gasteiger charge is 2.33. The van der Waals surface area contributed by atoms with Crippen LogP contribution in [0.2, 0.25) is 0 Å². The largest absolute Gasteiger partial charge is 0.324 e. The smallest absolute Gasteiger partial charge is 0.0608 e. The second-order valence-electron chi connectivity index (χ2n) is 6.77. The van der Waals surface area contributed by atoms with E-state index in [2.05, 4.69) is 81.5 Å². The number of hydrogen-bond acceptors (Lipinski definition) is 1. The van der Waals surface area contributed by atoms with Crippen molar-refractivity contribution in [1.29, 1.82) is 0 Å². The maximum absolute atomic E-state index is 6.42. The summed E-state index contributed by atoms with van der Waals surface area (Å²) in [6, 6.07) is 8.68. The first-order valence-electron chi connectivity index (χ1n) is 7.21. The second-order valence-corrected chi connectivity index (χ2v) is 8.54. The molecule has 0 saturated carbocycles. The zero-order chi connectivity index (χ0) is 15.4. The maximum atomic E-state index is 6.42. The molecule has 21 heavy (non-hydrogen) atoms. The molecule has 1 heterocycles. The number of hydrogen-bond donors (Lipinski definition) is 1. The van der Waals surface area contributed by atoms with E-state index in [-0.39, 0.29) is 11.5 Å². The quantitative estimate of drug-likeness (QED) is 0.679. The summed E-state index contributed by atoms with van der Waals surface area (Å²) in [7, 11) is 0. The molecule has 1 atom stereocenters. The summed E-state index contributed by atoms with van der Waals surface area (Å²) in [4.78, 5) is 0. The van der Waals surface area contributed by atoms with E-state index in [0.717, 1.165) is 21.8 Å². The van der Waals surface area contributed by atoms with E-state index in [9.17, 15) is 0 Å². The number of rotatable bonds is 1. The number of nitrogens with two attached hydrogens (primary N) is 1. The van der Waals surface area contributed by atoms with Gasteiger partial charge in [-0.25, -0.2) is 0 Å². The molecule has 3 rings (SSSR count). The van der Waals surface area contributed by atoms with Crippen molar-refractivity contribution in [2.24, 2.45) is 11.1 Å². The van der Waals surface area contributed by atoms with Gasteiger partial charge in [0.2, 0.25) is 0 Å². The van der Waals surface area contributed by atoms with Crippen LogP contribution in [-0.2, 0) is 6.42 Å². The highest BCUT2D eigenvalue weighted by Crippen LogP contribution is 2.42. The molecule has 1 aliphatic carbocycles. The maximum Gasteiger partial charge on any atom is 0.0608 e. The number of nitrogens with zero attached hydrogens (tertiary/aromatic N) is 1. The normalized spacial score (nSPS) is 20.4. The number of aryl methyl sites for hydroxylation is 1. The minimum Gasteiger partial charge on any atom is -0.324 e. The number of benzene rings is 1. The molecule has 1 aliphatic rings. The summed E-state index contributed by atoms with van der Waals surface area (Å²) < 4.78 is 4.54. The van der Waals surface area contributed by atoms with Gasteiger partial charge in [-0.2, -0.15) is 0 Å². The zero-order valence-electron chi connectivity index (χ0n) is 12.6. The van der Waals surface area contributed by atoms with E-state index in [4.69, 9.17) is 5.73 Å². The van der Waals surface area contributed by atoms with Gasteiger partial charge in [-0.3, -0.25) is 0 Å². The van der Waals surface area contributed by atoms with Gasteiger partial charge in [-0.1, -0.05) is 29.8 Å². The average Bonchev–Trinajstić information content (AvgIpc) is 2.68. The molecule has 0 aliphatic heterocycles. The van der Waals surface area contributed by atoms with Crippen LogP contribution in [0.5, 0.6) is 0 Å². The molecule has 0 bridgehead atoms. The van der Waals surface area contributed by atoms with Gasteiger partial charge in [0, 0.05) is 26.4 Å². The lowest BCUT2D eigenvalue weighted by Gasteiger charge is -2.34. The van der Waals surface area contributed by atoms with Crippen molar-refractivity contribution in [1.82, 2.24) is 4.57 Å². The summed E-state index contributed by atoms with van der Waals surface area (Å²) in [5.41, 5.74) is 11.7. The summed E-state index contributed by atoms with van der Waals surface area (Å²) in [6.45, 7) is 6.77. The lowest BCUT2D eigenvalue weighted by Crippen LogP contribution is -2.30. The van der Waals surface area contributed by atoms with Gasteiger partial charge in [-0.15, -0.1) is 0 Å². The van der Waals surface area contributed by atoms with Crippen LogP contribution in [0.3, 0.4) is 0 Å². The Morgan fingerprint density at radius 3 is 2.67 bits per heavy atom. The first kappa shape index (κ1) is 15.3. The standard InChI is InChI=1S/C17H20Br2N2/c1-10-6-12-14(20)8-17(2,3)9-16(12)21(10)15-7-11(18)4-5-13(15)19/h4-7,14H,8-9,20H2,1-3H3. The Balaban J connectivity index is 2.23. The third kappa shape index (κ3) is 2.73. The molecular weight excluding hydrogens is 392 g/mol. The number of halogens is 2. The first-order valence-corrected chi connectivity index (χ1v) is 8.79. The van der Waals surface area contributed by atoms with E-state index in [1.54, 1.807) is 0 Å². The summed E-state index contributed by atoms with van der Waals surface area (Å²) in [6.07, 6.45) is 2.10. The van der Waals surface area contributed by atoms with Crippen LogP contribution >= 0.6 is 31.9 Å². The van der Waals surface area contributed by atoms with Crippen LogP contribution in [0.1, 0.15) is 43.3 Å². The molecule has 0 fully saturated rings. The Morgan fingerprint density at radius 2 is 1.95 bits per heavy atom. The fourth-order valence-electron chi connectivity index (χ4n) is 3.44. The molecule has 2 nitrogen and oxygen atoms in total. The molecular formula is C17H20Br2N2. The number of fused-ring (bicyclic) bond motifs is 1. The molecule has 112 valence electrons. The third-order valence-corrected chi connectivity index (χ3v) is 5.45. The monoisotopic (exact) mass is 410 g/mol. The van der Waals surface area contributed by atoms with Crippen LogP contribution in [0, 0.1) is 12.3 Å². The highest BCUT2D eigenvalue weighted by atomic mass is 79.9. The van der Waals surface area contributed by atoms with Crippen molar-refractivity contribution in [2.75, 3.05) is 0 Å².